The van der Waals surface area contributed by atoms with Crippen LogP contribution in [0.5, 0.6) is 0 Å². The Morgan fingerprint density at radius 1 is 1.27 bits per heavy atom. The van der Waals surface area contributed by atoms with Gasteiger partial charge in [0.05, 0.1) is 21.9 Å². The summed E-state index contributed by atoms with van der Waals surface area (Å²) >= 11 is 1.32. The molecule has 0 N–H and O–H groups in total. The fourth-order valence-corrected chi connectivity index (χ4v) is 3.98. The van der Waals surface area contributed by atoms with Crippen molar-refractivity contribution in [1.82, 2.24) is 20.1 Å². The summed E-state index contributed by atoms with van der Waals surface area (Å²) in [6.07, 6.45) is 1.58. The van der Waals surface area contributed by atoms with Crippen molar-refractivity contribution in [2.75, 3.05) is 0 Å². The first kappa shape index (κ1) is 19.7. The van der Waals surface area contributed by atoms with Crippen molar-refractivity contribution in [3.8, 4) is 0 Å². The SMILES string of the molecule is Cc1nnc(C=C2C(=O)N3C(C(=O)OCc4ccc([N+](=O)[O-])cc4)=CSC23)nc1C. The van der Waals surface area contributed by atoms with E-state index in [1.54, 1.807) is 18.4 Å². The van der Waals surface area contributed by atoms with Gasteiger partial charge in [-0.3, -0.25) is 19.8 Å². The normalized spacial score (nSPS) is 18.7. The smallest absolute Gasteiger partial charge is 0.355 e. The molecule has 1 aromatic carbocycles. The minimum absolute atomic E-state index is 0.0451. The predicted octanol–water partition coefficient (Wildman–Crippen LogP) is 2.28. The van der Waals surface area contributed by atoms with Gasteiger partial charge in [0, 0.05) is 17.5 Å². The lowest BCUT2D eigenvalue weighted by atomic mass is 10.0. The lowest BCUT2D eigenvalue weighted by molar-refractivity contribution is -0.384. The van der Waals surface area contributed by atoms with E-state index in [2.05, 4.69) is 15.2 Å². The molecule has 3 heterocycles. The van der Waals surface area contributed by atoms with Gasteiger partial charge in [0.25, 0.3) is 11.6 Å². The van der Waals surface area contributed by atoms with Crippen LogP contribution in [0.1, 0.15) is 22.8 Å². The van der Waals surface area contributed by atoms with Crippen molar-refractivity contribution in [2.45, 2.75) is 25.8 Å². The van der Waals surface area contributed by atoms with E-state index in [1.165, 1.54) is 40.9 Å². The number of hydrogen-bond donors (Lipinski definition) is 0. The number of rotatable bonds is 5. The molecule has 1 fully saturated rings. The molecule has 10 nitrogen and oxygen atoms in total. The highest BCUT2D eigenvalue weighted by atomic mass is 32.2. The van der Waals surface area contributed by atoms with Gasteiger partial charge < -0.3 is 4.74 Å². The number of hydrogen-bond acceptors (Lipinski definition) is 9. The number of carbonyl (C=O) groups excluding carboxylic acids is 2. The lowest BCUT2D eigenvalue weighted by Gasteiger charge is -2.37. The first-order chi connectivity index (χ1) is 14.3. The molecule has 30 heavy (non-hydrogen) atoms. The van der Waals surface area contributed by atoms with Crippen molar-refractivity contribution in [3.63, 3.8) is 0 Å². The van der Waals surface area contributed by atoms with Gasteiger partial charge in [-0.1, -0.05) is 0 Å². The average molecular weight is 425 g/mol. The van der Waals surface area contributed by atoms with Gasteiger partial charge in [-0.25, -0.2) is 9.78 Å². The predicted molar refractivity (Wildman–Crippen MR) is 106 cm³/mol. The third-order valence-corrected chi connectivity index (χ3v) is 5.74. The number of nitro benzene ring substituents is 1. The number of nitro groups is 1. The number of ether oxygens (including phenoxy) is 1. The molecule has 2 aliphatic heterocycles. The second kappa shape index (κ2) is 7.67. The van der Waals surface area contributed by atoms with Crippen LogP contribution in [-0.4, -0.2) is 42.3 Å². The lowest BCUT2D eigenvalue weighted by Crippen LogP contribution is -2.51. The van der Waals surface area contributed by atoms with Crippen LogP contribution in [-0.2, 0) is 20.9 Å². The van der Waals surface area contributed by atoms with Crippen LogP contribution in [0.3, 0.4) is 0 Å². The number of esters is 1. The molecular weight excluding hydrogens is 410 g/mol. The molecule has 1 aromatic heterocycles. The molecule has 1 saturated heterocycles. The third-order valence-electron chi connectivity index (χ3n) is 4.65. The Balaban J connectivity index is 1.40. The topological polar surface area (TPSA) is 128 Å². The first-order valence-electron chi connectivity index (χ1n) is 8.84. The van der Waals surface area contributed by atoms with Crippen LogP contribution in [0.15, 0.2) is 40.9 Å². The van der Waals surface area contributed by atoms with Crippen molar-refractivity contribution >= 4 is 35.4 Å². The summed E-state index contributed by atoms with van der Waals surface area (Å²) in [7, 11) is 0. The van der Waals surface area contributed by atoms with E-state index >= 15 is 0 Å². The zero-order valence-electron chi connectivity index (χ0n) is 15.9. The molecule has 0 aliphatic carbocycles. The maximum atomic E-state index is 12.5. The Morgan fingerprint density at radius 2 is 2.00 bits per heavy atom. The van der Waals surface area contributed by atoms with Crippen LogP contribution in [0.4, 0.5) is 5.69 Å². The molecule has 152 valence electrons. The second-order valence-corrected chi connectivity index (χ2v) is 7.56. The molecule has 4 rings (SSSR count). The second-order valence-electron chi connectivity index (χ2n) is 6.61. The first-order valence-corrected chi connectivity index (χ1v) is 9.78. The zero-order valence-corrected chi connectivity index (χ0v) is 16.8. The van der Waals surface area contributed by atoms with Gasteiger partial charge in [0.15, 0.2) is 5.82 Å². The molecule has 1 amide bonds. The molecule has 2 aliphatic rings. The number of non-ortho nitro benzene ring substituents is 1. The van der Waals surface area contributed by atoms with Gasteiger partial charge in [-0.15, -0.1) is 16.9 Å². The largest absolute Gasteiger partial charge is 0.456 e. The number of aromatic nitrogens is 3. The van der Waals surface area contributed by atoms with Crippen molar-refractivity contribution in [1.29, 1.82) is 0 Å². The van der Waals surface area contributed by atoms with E-state index in [1.807, 2.05) is 6.92 Å². The Kier molecular flexibility index (Phi) is 5.04. The quantitative estimate of drug-likeness (QED) is 0.233. The van der Waals surface area contributed by atoms with E-state index in [4.69, 9.17) is 4.74 Å². The molecule has 0 radical (unpaired) electrons. The molecule has 0 saturated carbocycles. The molecule has 1 unspecified atom stereocenters. The maximum absolute atomic E-state index is 12.5. The summed E-state index contributed by atoms with van der Waals surface area (Å²) in [5.74, 6) is -0.610. The summed E-state index contributed by atoms with van der Waals surface area (Å²) < 4.78 is 5.26. The Morgan fingerprint density at radius 3 is 2.67 bits per heavy atom. The number of aryl methyl sites for hydroxylation is 2. The Bertz CT molecular complexity index is 1130. The number of nitrogens with zero attached hydrogens (tertiary/aromatic N) is 5. The molecule has 0 bridgehead atoms. The highest BCUT2D eigenvalue weighted by Gasteiger charge is 2.50. The number of β-lactam (4-membered cyclic amide) rings is 1. The fraction of sp³-hybridized carbons (Fsp3) is 0.211. The summed E-state index contributed by atoms with van der Waals surface area (Å²) in [5.41, 5.74) is 2.65. The number of benzene rings is 1. The molecule has 0 spiro atoms. The average Bonchev–Trinajstić information content (AvgIpc) is 3.13. The standard InChI is InChI=1S/C19H15N5O5S/c1-10-11(2)21-22-16(20-10)7-14-17(25)23-15(9-30-18(14)23)19(26)29-8-12-3-5-13(6-4-12)24(27)28/h3-7,9,18H,8H2,1-2H3. The van der Waals surface area contributed by atoms with Gasteiger partial charge in [-0.2, -0.15) is 5.10 Å². The summed E-state index contributed by atoms with van der Waals surface area (Å²) in [6.45, 7) is 3.55. The van der Waals surface area contributed by atoms with Crippen molar-refractivity contribution < 1.29 is 19.2 Å². The highest BCUT2D eigenvalue weighted by molar-refractivity contribution is 8.03. The molecular formula is C19H15N5O5S. The van der Waals surface area contributed by atoms with Crippen molar-refractivity contribution in [2.24, 2.45) is 0 Å². The van der Waals surface area contributed by atoms with E-state index in [-0.39, 0.29) is 29.3 Å². The van der Waals surface area contributed by atoms with E-state index in [0.29, 0.717) is 22.7 Å². The van der Waals surface area contributed by atoms with Gasteiger partial charge >= 0.3 is 5.97 Å². The molecule has 11 heteroatoms. The summed E-state index contributed by atoms with van der Waals surface area (Å²) in [4.78, 5) is 40.8. The van der Waals surface area contributed by atoms with E-state index < -0.39 is 10.9 Å². The van der Waals surface area contributed by atoms with Crippen LogP contribution < -0.4 is 0 Å². The third kappa shape index (κ3) is 3.54. The van der Waals surface area contributed by atoms with Gasteiger partial charge in [-0.05, 0) is 37.6 Å². The molecule has 2 aromatic rings. The van der Waals surface area contributed by atoms with Crippen LogP contribution in [0.2, 0.25) is 0 Å². The summed E-state index contributed by atoms with van der Waals surface area (Å²) in [6, 6.07) is 5.70. The number of amides is 1. The number of thioether (sulfide) groups is 1. The van der Waals surface area contributed by atoms with E-state index in [9.17, 15) is 19.7 Å². The Hall–Kier alpha value is -3.60. The minimum Gasteiger partial charge on any atom is -0.456 e. The molecule has 1 atom stereocenters. The van der Waals surface area contributed by atoms with Gasteiger partial charge in [0.1, 0.15) is 17.7 Å². The number of carbonyl (C=O) groups is 2. The Labute approximate surface area is 174 Å². The summed E-state index contributed by atoms with van der Waals surface area (Å²) in [5, 5.41) is 19.9. The fourth-order valence-electron chi connectivity index (χ4n) is 2.87. The zero-order chi connectivity index (χ0) is 21.4. The van der Waals surface area contributed by atoms with Crippen LogP contribution in [0, 0.1) is 24.0 Å². The maximum Gasteiger partial charge on any atom is 0.355 e. The van der Waals surface area contributed by atoms with E-state index in [0.717, 1.165) is 5.69 Å². The monoisotopic (exact) mass is 425 g/mol. The highest BCUT2D eigenvalue weighted by Crippen LogP contribution is 2.45. The van der Waals surface area contributed by atoms with Crippen LogP contribution >= 0.6 is 11.8 Å². The minimum atomic E-state index is -0.639. The van der Waals surface area contributed by atoms with Crippen molar-refractivity contribution in [3.05, 3.63) is 73.8 Å². The van der Waals surface area contributed by atoms with Crippen LogP contribution in [0.25, 0.3) is 6.08 Å². The number of fused-ring (bicyclic) bond motifs is 1. The van der Waals surface area contributed by atoms with Gasteiger partial charge in [0.2, 0.25) is 0 Å².